The summed E-state index contributed by atoms with van der Waals surface area (Å²) in [7, 11) is 0. The van der Waals surface area contributed by atoms with Crippen LogP contribution in [0.1, 0.15) is 11.1 Å². The first-order chi connectivity index (χ1) is 9.19. The average molecular weight is 278 g/mol. The van der Waals surface area contributed by atoms with Crippen molar-refractivity contribution in [2.45, 2.75) is 12.8 Å². The third-order valence-corrected chi connectivity index (χ3v) is 3.58. The van der Waals surface area contributed by atoms with Crippen LogP contribution in [0.5, 0.6) is 0 Å². The van der Waals surface area contributed by atoms with Crippen LogP contribution in [-0.4, -0.2) is 6.54 Å². The molecule has 0 fully saturated rings. The highest BCUT2D eigenvalue weighted by Gasteiger charge is 2.11. The summed E-state index contributed by atoms with van der Waals surface area (Å²) in [4.78, 5) is 0. The molecule has 0 aliphatic rings. The lowest BCUT2D eigenvalue weighted by atomic mass is 9.92. The molecule has 2 aromatic rings. The number of hydrogen-bond donors (Lipinski definition) is 1. The van der Waals surface area contributed by atoms with Crippen molar-refractivity contribution in [3.05, 3.63) is 70.5 Å². The Balaban J connectivity index is 2.07. The maximum Gasteiger partial charge on any atom is 0.123 e. The van der Waals surface area contributed by atoms with Gasteiger partial charge >= 0.3 is 0 Å². The lowest BCUT2D eigenvalue weighted by molar-refractivity contribution is 0.530. The quantitative estimate of drug-likeness (QED) is 0.883. The molecular weight excluding hydrogens is 261 g/mol. The summed E-state index contributed by atoms with van der Waals surface area (Å²) in [5.74, 6) is 0.0627. The smallest absolute Gasteiger partial charge is 0.123 e. The van der Waals surface area contributed by atoms with Crippen LogP contribution in [0.15, 0.2) is 48.5 Å². The van der Waals surface area contributed by atoms with Gasteiger partial charge in [0.1, 0.15) is 5.82 Å². The van der Waals surface area contributed by atoms with E-state index in [1.54, 1.807) is 12.1 Å². The molecule has 2 aromatic carbocycles. The van der Waals surface area contributed by atoms with Crippen molar-refractivity contribution in [3.8, 4) is 0 Å². The fourth-order valence-corrected chi connectivity index (χ4v) is 2.42. The fourth-order valence-electron chi connectivity index (χ4n) is 2.21. The van der Waals surface area contributed by atoms with Crippen LogP contribution >= 0.6 is 11.6 Å². The van der Waals surface area contributed by atoms with Crippen LogP contribution in [0, 0.1) is 11.7 Å². The first-order valence-corrected chi connectivity index (χ1v) is 6.74. The lowest BCUT2D eigenvalue weighted by Gasteiger charge is -2.15. The van der Waals surface area contributed by atoms with Gasteiger partial charge in [0.15, 0.2) is 0 Å². The highest BCUT2D eigenvalue weighted by molar-refractivity contribution is 6.31. The zero-order valence-corrected chi connectivity index (χ0v) is 11.4. The standard InChI is InChI=1S/C16H17ClFN/c17-16-7-2-1-5-14(16)9-13(11-19)8-12-4-3-6-15(18)10-12/h1-7,10,13H,8-9,11,19H2. The Morgan fingerprint density at radius 1 is 1.05 bits per heavy atom. The maximum atomic E-state index is 13.2. The molecule has 19 heavy (non-hydrogen) atoms. The minimum absolute atomic E-state index is 0.203. The third kappa shape index (κ3) is 4.05. The van der Waals surface area contributed by atoms with Gasteiger partial charge in [-0.25, -0.2) is 4.39 Å². The lowest BCUT2D eigenvalue weighted by Crippen LogP contribution is -2.19. The third-order valence-electron chi connectivity index (χ3n) is 3.21. The maximum absolute atomic E-state index is 13.2. The van der Waals surface area contributed by atoms with Gasteiger partial charge in [-0.2, -0.15) is 0 Å². The van der Waals surface area contributed by atoms with E-state index < -0.39 is 0 Å². The SMILES string of the molecule is NCC(Cc1cccc(F)c1)Cc1ccccc1Cl. The molecule has 0 spiro atoms. The first kappa shape index (κ1) is 14.0. The Morgan fingerprint density at radius 2 is 1.84 bits per heavy atom. The van der Waals surface area contributed by atoms with Crippen molar-refractivity contribution in [1.29, 1.82) is 0 Å². The first-order valence-electron chi connectivity index (χ1n) is 6.37. The Bertz CT molecular complexity index is 542. The van der Waals surface area contributed by atoms with Crippen LogP contribution in [-0.2, 0) is 12.8 Å². The van der Waals surface area contributed by atoms with E-state index in [2.05, 4.69) is 0 Å². The summed E-state index contributed by atoms with van der Waals surface area (Å²) in [6.45, 7) is 0.557. The summed E-state index contributed by atoms with van der Waals surface area (Å²) in [6.07, 6.45) is 1.58. The highest BCUT2D eigenvalue weighted by atomic mass is 35.5. The molecular formula is C16H17ClFN. The van der Waals surface area contributed by atoms with Gasteiger partial charge < -0.3 is 5.73 Å². The number of rotatable bonds is 5. The van der Waals surface area contributed by atoms with Gasteiger partial charge in [0.25, 0.3) is 0 Å². The second-order valence-corrected chi connectivity index (χ2v) is 5.14. The van der Waals surface area contributed by atoms with Crippen molar-refractivity contribution >= 4 is 11.6 Å². The second kappa shape index (κ2) is 6.69. The van der Waals surface area contributed by atoms with Crippen molar-refractivity contribution in [3.63, 3.8) is 0 Å². The molecule has 0 heterocycles. The largest absolute Gasteiger partial charge is 0.330 e. The van der Waals surface area contributed by atoms with Gasteiger partial charge in [-0.3, -0.25) is 0 Å². The van der Waals surface area contributed by atoms with E-state index >= 15 is 0 Å². The molecule has 0 aliphatic heterocycles. The van der Waals surface area contributed by atoms with Crippen LogP contribution in [0.3, 0.4) is 0 Å². The van der Waals surface area contributed by atoms with Gasteiger partial charge in [-0.05, 0) is 54.6 Å². The van der Waals surface area contributed by atoms with Crippen molar-refractivity contribution < 1.29 is 4.39 Å². The number of nitrogens with two attached hydrogens (primary N) is 1. The van der Waals surface area contributed by atoms with E-state index in [1.807, 2.05) is 30.3 Å². The molecule has 1 nitrogen and oxygen atoms in total. The topological polar surface area (TPSA) is 26.0 Å². The monoisotopic (exact) mass is 277 g/mol. The molecule has 1 atom stereocenters. The van der Waals surface area contributed by atoms with Crippen molar-refractivity contribution in [1.82, 2.24) is 0 Å². The van der Waals surface area contributed by atoms with Gasteiger partial charge in [0, 0.05) is 5.02 Å². The molecule has 1 unspecified atom stereocenters. The number of halogens is 2. The molecule has 100 valence electrons. The molecule has 0 radical (unpaired) electrons. The second-order valence-electron chi connectivity index (χ2n) is 4.73. The average Bonchev–Trinajstić information content (AvgIpc) is 2.40. The highest BCUT2D eigenvalue weighted by Crippen LogP contribution is 2.21. The van der Waals surface area contributed by atoms with Gasteiger partial charge in [0.05, 0.1) is 0 Å². The zero-order valence-electron chi connectivity index (χ0n) is 10.7. The Kier molecular flexibility index (Phi) is 4.94. The molecule has 0 amide bonds. The number of hydrogen-bond acceptors (Lipinski definition) is 1. The van der Waals surface area contributed by atoms with Crippen molar-refractivity contribution in [2.24, 2.45) is 11.7 Å². The predicted molar refractivity (Wildman–Crippen MR) is 77.8 cm³/mol. The minimum atomic E-state index is -0.203. The summed E-state index contributed by atoms with van der Waals surface area (Å²) < 4.78 is 13.2. The fraction of sp³-hybridized carbons (Fsp3) is 0.250. The van der Waals surface area contributed by atoms with Crippen LogP contribution in [0.2, 0.25) is 5.02 Å². The van der Waals surface area contributed by atoms with E-state index in [1.165, 1.54) is 6.07 Å². The van der Waals surface area contributed by atoms with Crippen LogP contribution < -0.4 is 5.73 Å². The predicted octanol–water partition coefficient (Wildman–Crippen LogP) is 3.84. The van der Waals surface area contributed by atoms with Gasteiger partial charge in [-0.15, -0.1) is 0 Å². The normalized spacial score (nSPS) is 12.4. The Labute approximate surface area is 118 Å². The Hall–Kier alpha value is -1.38. The summed E-state index contributed by atoms with van der Waals surface area (Å²) in [5.41, 5.74) is 7.89. The Morgan fingerprint density at radius 3 is 2.53 bits per heavy atom. The molecule has 2 rings (SSSR count). The molecule has 3 heteroatoms. The number of benzene rings is 2. The summed E-state index contributed by atoms with van der Waals surface area (Å²) >= 11 is 6.15. The molecule has 0 aromatic heterocycles. The van der Waals surface area contributed by atoms with Gasteiger partial charge in [-0.1, -0.05) is 41.9 Å². The van der Waals surface area contributed by atoms with Gasteiger partial charge in [0.2, 0.25) is 0 Å². The van der Waals surface area contributed by atoms with Crippen LogP contribution in [0.4, 0.5) is 4.39 Å². The van der Waals surface area contributed by atoms with E-state index in [-0.39, 0.29) is 11.7 Å². The molecule has 0 bridgehead atoms. The molecule has 0 saturated heterocycles. The molecule has 2 N–H and O–H groups in total. The summed E-state index contributed by atoms with van der Waals surface area (Å²) in [5, 5.41) is 0.764. The van der Waals surface area contributed by atoms with E-state index in [4.69, 9.17) is 17.3 Å². The summed E-state index contributed by atoms with van der Waals surface area (Å²) in [6, 6.07) is 14.5. The molecule has 0 aliphatic carbocycles. The van der Waals surface area contributed by atoms with Crippen LogP contribution in [0.25, 0.3) is 0 Å². The van der Waals surface area contributed by atoms with E-state index in [0.717, 1.165) is 29.0 Å². The van der Waals surface area contributed by atoms with E-state index in [0.29, 0.717) is 6.54 Å². The van der Waals surface area contributed by atoms with Crippen molar-refractivity contribution in [2.75, 3.05) is 6.54 Å². The minimum Gasteiger partial charge on any atom is -0.330 e. The molecule has 0 saturated carbocycles. The van der Waals surface area contributed by atoms with E-state index in [9.17, 15) is 4.39 Å². The zero-order chi connectivity index (χ0) is 13.7.